The van der Waals surface area contributed by atoms with Gasteiger partial charge >= 0.3 is 5.97 Å². The molecule has 0 aliphatic heterocycles. The summed E-state index contributed by atoms with van der Waals surface area (Å²) in [4.78, 5) is 16.5. The minimum Gasteiger partial charge on any atom is -0.506 e. The Morgan fingerprint density at radius 2 is 1.89 bits per heavy atom. The number of carbonyl (C=O) groups excluding carboxylic acids is 1. The quantitative estimate of drug-likeness (QED) is 0.437. The van der Waals surface area contributed by atoms with Crippen molar-refractivity contribution in [2.45, 2.75) is 0 Å². The number of para-hydroxylation sites is 1. The van der Waals surface area contributed by atoms with Gasteiger partial charge in [0.05, 0.1) is 16.9 Å². The van der Waals surface area contributed by atoms with Gasteiger partial charge in [0.1, 0.15) is 5.75 Å². The first kappa shape index (κ1) is 11.8. The summed E-state index contributed by atoms with van der Waals surface area (Å²) in [5.41, 5.74) is 9.03. The van der Waals surface area contributed by atoms with Crippen LogP contribution in [0.2, 0.25) is 0 Å². The fourth-order valence-corrected chi connectivity index (χ4v) is 1.34. The summed E-state index contributed by atoms with van der Waals surface area (Å²) in [6.45, 7) is 0. The van der Waals surface area contributed by atoms with Crippen LogP contribution in [0.3, 0.4) is 0 Å². The summed E-state index contributed by atoms with van der Waals surface area (Å²) >= 11 is 0. The molecular formula is C13H12N2O3. The van der Waals surface area contributed by atoms with Crippen LogP contribution in [0, 0.1) is 0 Å². The minimum absolute atomic E-state index is 0.149. The summed E-state index contributed by atoms with van der Waals surface area (Å²) in [5, 5.41) is 9.38. The second kappa shape index (κ2) is 5.09. The van der Waals surface area contributed by atoms with Crippen LogP contribution >= 0.6 is 0 Å². The van der Waals surface area contributed by atoms with Crippen molar-refractivity contribution in [3.63, 3.8) is 0 Å². The van der Waals surface area contributed by atoms with Crippen molar-refractivity contribution in [1.82, 2.24) is 0 Å². The Kier molecular flexibility index (Phi) is 3.33. The molecule has 0 spiro atoms. The van der Waals surface area contributed by atoms with Crippen LogP contribution in [0.25, 0.3) is 0 Å². The first-order valence-corrected chi connectivity index (χ1v) is 5.27. The standard InChI is InChI=1S/C13H12N2O3/c14-11-7-6-9(8-12(11)16)13(17)18-15-10-4-2-1-3-5-10/h1-8,15-16H,14H2. The molecular weight excluding hydrogens is 232 g/mol. The zero-order chi connectivity index (χ0) is 13.0. The molecule has 0 heterocycles. The summed E-state index contributed by atoms with van der Waals surface area (Å²) in [5.74, 6) is -0.752. The highest BCUT2D eigenvalue weighted by atomic mass is 16.7. The van der Waals surface area contributed by atoms with Crippen LogP contribution in [0.1, 0.15) is 10.4 Å². The first-order chi connectivity index (χ1) is 8.66. The van der Waals surface area contributed by atoms with Crippen LogP contribution in [0.15, 0.2) is 48.5 Å². The minimum atomic E-state index is -0.603. The number of carbonyl (C=O) groups is 1. The number of hydrogen-bond donors (Lipinski definition) is 3. The van der Waals surface area contributed by atoms with E-state index in [1.54, 1.807) is 12.1 Å². The molecule has 5 heteroatoms. The highest BCUT2D eigenvalue weighted by Gasteiger charge is 2.09. The van der Waals surface area contributed by atoms with Gasteiger partial charge in [-0.3, -0.25) is 0 Å². The van der Waals surface area contributed by atoms with Gasteiger partial charge in [0.2, 0.25) is 0 Å². The zero-order valence-corrected chi connectivity index (χ0v) is 9.46. The monoisotopic (exact) mass is 244 g/mol. The lowest BCUT2D eigenvalue weighted by molar-refractivity contribution is 0.0596. The molecule has 5 nitrogen and oxygen atoms in total. The molecule has 0 saturated carbocycles. The molecule has 0 saturated heterocycles. The Morgan fingerprint density at radius 3 is 2.56 bits per heavy atom. The van der Waals surface area contributed by atoms with Crippen molar-refractivity contribution in [2.24, 2.45) is 0 Å². The second-order valence-electron chi connectivity index (χ2n) is 3.63. The van der Waals surface area contributed by atoms with E-state index in [4.69, 9.17) is 10.6 Å². The van der Waals surface area contributed by atoms with Gasteiger partial charge < -0.3 is 15.7 Å². The summed E-state index contributed by atoms with van der Waals surface area (Å²) in [6, 6.07) is 13.2. The number of hydrogen-bond acceptors (Lipinski definition) is 5. The van der Waals surface area contributed by atoms with Gasteiger partial charge in [-0.2, -0.15) is 0 Å². The van der Waals surface area contributed by atoms with E-state index >= 15 is 0 Å². The molecule has 0 amide bonds. The predicted molar refractivity (Wildman–Crippen MR) is 68.0 cm³/mol. The van der Waals surface area contributed by atoms with E-state index in [0.717, 1.165) is 0 Å². The number of aromatic hydroxyl groups is 1. The molecule has 0 bridgehead atoms. The predicted octanol–water partition coefficient (Wildman–Crippen LogP) is 2.16. The topological polar surface area (TPSA) is 84.6 Å². The van der Waals surface area contributed by atoms with Crippen molar-refractivity contribution >= 4 is 17.3 Å². The normalized spacial score (nSPS) is 9.78. The van der Waals surface area contributed by atoms with Gasteiger partial charge in [-0.25, -0.2) is 10.3 Å². The molecule has 0 aliphatic carbocycles. The zero-order valence-electron chi connectivity index (χ0n) is 9.46. The highest BCUT2D eigenvalue weighted by Crippen LogP contribution is 2.21. The Bertz CT molecular complexity index is 555. The molecule has 0 atom stereocenters. The van der Waals surface area contributed by atoms with Gasteiger partial charge in [-0.1, -0.05) is 18.2 Å². The van der Waals surface area contributed by atoms with E-state index in [2.05, 4.69) is 5.48 Å². The molecule has 4 N–H and O–H groups in total. The molecule has 0 radical (unpaired) electrons. The maximum atomic E-state index is 11.6. The van der Waals surface area contributed by atoms with Crippen molar-refractivity contribution < 1.29 is 14.7 Å². The maximum Gasteiger partial charge on any atom is 0.362 e. The lowest BCUT2D eigenvalue weighted by Crippen LogP contribution is -2.10. The van der Waals surface area contributed by atoms with E-state index < -0.39 is 5.97 Å². The van der Waals surface area contributed by atoms with E-state index in [-0.39, 0.29) is 17.0 Å². The largest absolute Gasteiger partial charge is 0.506 e. The SMILES string of the molecule is Nc1ccc(C(=O)ONc2ccccc2)cc1O. The Labute approximate surface area is 104 Å². The highest BCUT2D eigenvalue weighted by molar-refractivity contribution is 5.91. The molecule has 0 aromatic heterocycles. The van der Waals surface area contributed by atoms with Crippen LogP contribution in [0.4, 0.5) is 11.4 Å². The third-order valence-electron chi connectivity index (χ3n) is 2.30. The van der Waals surface area contributed by atoms with Crippen molar-refractivity contribution in [3.8, 4) is 5.75 Å². The molecule has 18 heavy (non-hydrogen) atoms. The Hall–Kier alpha value is -2.69. The fourth-order valence-electron chi connectivity index (χ4n) is 1.34. The summed E-state index contributed by atoms with van der Waals surface area (Å²) < 4.78 is 0. The smallest absolute Gasteiger partial charge is 0.362 e. The van der Waals surface area contributed by atoms with Crippen molar-refractivity contribution in [3.05, 3.63) is 54.1 Å². The number of anilines is 2. The number of benzene rings is 2. The molecule has 2 rings (SSSR count). The lowest BCUT2D eigenvalue weighted by atomic mass is 10.2. The Balaban J connectivity index is 2.02. The molecule has 0 unspecified atom stereocenters. The number of rotatable bonds is 3. The molecule has 2 aromatic rings. The summed E-state index contributed by atoms with van der Waals surface area (Å²) in [6.07, 6.45) is 0. The second-order valence-corrected chi connectivity index (χ2v) is 3.63. The number of phenols is 1. The molecule has 92 valence electrons. The Morgan fingerprint density at radius 1 is 1.17 bits per heavy atom. The van der Waals surface area contributed by atoms with Gasteiger partial charge in [-0.15, -0.1) is 0 Å². The van der Waals surface area contributed by atoms with Crippen LogP contribution in [-0.4, -0.2) is 11.1 Å². The third-order valence-corrected chi connectivity index (χ3v) is 2.30. The first-order valence-electron chi connectivity index (χ1n) is 5.27. The van der Waals surface area contributed by atoms with E-state index in [9.17, 15) is 9.90 Å². The van der Waals surface area contributed by atoms with Gasteiger partial charge in [0.15, 0.2) is 0 Å². The van der Waals surface area contributed by atoms with E-state index in [1.165, 1.54) is 18.2 Å². The fraction of sp³-hybridized carbons (Fsp3) is 0. The third kappa shape index (κ3) is 2.70. The molecule has 0 fully saturated rings. The van der Waals surface area contributed by atoms with E-state index in [1.807, 2.05) is 18.2 Å². The van der Waals surface area contributed by atoms with Crippen molar-refractivity contribution in [2.75, 3.05) is 11.2 Å². The molecule has 2 aromatic carbocycles. The number of nitrogens with one attached hydrogen (secondary N) is 1. The van der Waals surface area contributed by atoms with E-state index in [0.29, 0.717) is 5.69 Å². The maximum absolute atomic E-state index is 11.6. The van der Waals surface area contributed by atoms with Gasteiger partial charge in [0.25, 0.3) is 0 Å². The number of nitrogens with two attached hydrogens (primary N) is 1. The lowest BCUT2D eigenvalue weighted by Gasteiger charge is -2.07. The average Bonchev–Trinajstić information content (AvgIpc) is 2.40. The van der Waals surface area contributed by atoms with Crippen LogP contribution < -0.4 is 11.2 Å². The van der Waals surface area contributed by atoms with Crippen molar-refractivity contribution in [1.29, 1.82) is 0 Å². The van der Waals surface area contributed by atoms with Gasteiger partial charge in [-0.05, 0) is 30.3 Å². The number of phenolic OH excluding ortho intramolecular Hbond substituents is 1. The average molecular weight is 244 g/mol. The van der Waals surface area contributed by atoms with Crippen LogP contribution in [-0.2, 0) is 4.84 Å². The summed E-state index contributed by atoms with van der Waals surface area (Å²) in [7, 11) is 0. The van der Waals surface area contributed by atoms with Crippen LogP contribution in [0.5, 0.6) is 5.75 Å². The molecule has 0 aliphatic rings. The number of nitrogen functional groups attached to an aromatic ring is 1. The van der Waals surface area contributed by atoms with Gasteiger partial charge in [0, 0.05) is 0 Å².